The second-order valence-electron chi connectivity index (χ2n) is 5.43. The van der Waals surface area contributed by atoms with Gasteiger partial charge in [-0.2, -0.15) is 0 Å². The molecule has 6 heteroatoms. The smallest absolute Gasteiger partial charge is 0.220 e. The number of amides is 1. The fraction of sp³-hybridized carbons (Fsp3) is 0.294. The van der Waals surface area contributed by atoms with Crippen LogP contribution in [-0.4, -0.2) is 27.6 Å². The number of carbonyl (C=O) groups excluding carboxylic acids is 1. The van der Waals surface area contributed by atoms with E-state index < -0.39 is 0 Å². The van der Waals surface area contributed by atoms with Crippen LogP contribution in [0.2, 0.25) is 0 Å². The minimum Gasteiger partial charge on any atom is -0.497 e. The van der Waals surface area contributed by atoms with Crippen molar-refractivity contribution in [1.82, 2.24) is 19.9 Å². The molecule has 0 atom stereocenters. The van der Waals surface area contributed by atoms with E-state index >= 15 is 0 Å². The van der Waals surface area contributed by atoms with Crippen LogP contribution < -0.4 is 10.1 Å². The Labute approximate surface area is 134 Å². The number of carbonyl (C=O) groups is 1. The predicted molar refractivity (Wildman–Crippen MR) is 88.2 cm³/mol. The number of nitrogens with zero attached hydrogens (tertiary/aromatic N) is 2. The highest BCUT2D eigenvalue weighted by molar-refractivity contribution is 5.82. The van der Waals surface area contributed by atoms with E-state index in [4.69, 9.17) is 4.74 Å². The Morgan fingerprint density at radius 1 is 1.39 bits per heavy atom. The van der Waals surface area contributed by atoms with Crippen molar-refractivity contribution in [2.45, 2.75) is 25.9 Å². The molecular formula is C17H20N4O2. The molecule has 2 N–H and O–H groups in total. The number of benzene rings is 1. The summed E-state index contributed by atoms with van der Waals surface area (Å²) in [7, 11) is 1.65. The van der Waals surface area contributed by atoms with Gasteiger partial charge in [-0.1, -0.05) is 0 Å². The number of imidazole rings is 1. The lowest BCUT2D eigenvalue weighted by Gasteiger charge is -2.04. The average molecular weight is 312 g/mol. The monoisotopic (exact) mass is 312 g/mol. The maximum absolute atomic E-state index is 11.9. The van der Waals surface area contributed by atoms with Gasteiger partial charge in [0.25, 0.3) is 0 Å². The van der Waals surface area contributed by atoms with Crippen LogP contribution >= 0.6 is 0 Å². The molecule has 0 saturated carbocycles. The van der Waals surface area contributed by atoms with Crippen LogP contribution in [-0.2, 0) is 17.9 Å². The van der Waals surface area contributed by atoms with E-state index in [0.29, 0.717) is 13.0 Å². The molecule has 0 aliphatic rings. The second kappa shape index (κ2) is 7.00. The molecule has 3 aromatic rings. The minimum absolute atomic E-state index is 0.0568. The molecule has 0 bridgehead atoms. The number of methoxy groups -OCH3 is 1. The Balaban J connectivity index is 1.48. The minimum atomic E-state index is 0.0568. The molecule has 0 radical (unpaired) electrons. The lowest BCUT2D eigenvalue weighted by molar-refractivity contribution is -0.121. The van der Waals surface area contributed by atoms with Crippen LogP contribution in [0.15, 0.2) is 43.0 Å². The number of nitrogens with one attached hydrogen (secondary N) is 2. The number of hydrogen-bond donors (Lipinski definition) is 2. The van der Waals surface area contributed by atoms with Gasteiger partial charge < -0.3 is 19.6 Å². The van der Waals surface area contributed by atoms with Gasteiger partial charge in [0.05, 0.1) is 20.0 Å². The zero-order valence-corrected chi connectivity index (χ0v) is 13.1. The normalized spacial score (nSPS) is 10.8. The Morgan fingerprint density at radius 2 is 2.30 bits per heavy atom. The number of fused-ring (bicyclic) bond motifs is 1. The lowest BCUT2D eigenvalue weighted by Crippen LogP contribution is -2.22. The fourth-order valence-corrected chi connectivity index (χ4v) is 2.52. The van der Waals surface area contributed by atoms with Crippen molar-refractivity contribution >= 4 is 16.8 Å². The Bertz CT molecular complexity index is 777. The van der Waals surface area contributed by atoms with Crippen LogP contribution in [0.4, 0.5) is 0 Å². The van der Waals surface area contributed by atoms with Crippen LogP contribution in [0.5, 0.6) is 5.75 Å². The fourth-order valence-electron chi connectivity index (χ4n) is 2.52. The molecule has 3 rings (SSSR count). The van der Waals surface area contributed by atoms with E-state index in [9.17, 15) is 4.79 Å². The summed E-state index contributed by atoms with van der Waals surface area (Å²) in [6.45, 7) is 1.31. The van der Waals surface area contributed by atoms with Crippen LogP contribution in [0.3, 0.4) is 0 Å². The van der Waals surface area contributed by atoms with Crippen molar-refractivity contribution in [3.8, 4) is 5.75 Å². The maximum atomic E-state index is 11.9. The number of hydrogen-bond acceptors (Lipinski definition) is 3. The van der Waals surface area contributed by atoms with E-state index in [0.717, 1.165) is 35.3 Å². The summed E-state index contributed by atoms with van der Waals surface area (Å²) in [5.41, 5.74) is 2.02. The largest absolute Gasteiger partial charge is 0.497 e. The molecule has 2 aromatic heterocycles. The zero-order chi connectivity index (χ0) is 16.1. The highest BCUT2D eigenvalue weighted by Gasteiger charge is 2.05. The third-order valence-electron chi connectivity index (χ3n) is 3.74. The SMILES string of the molecule is COc1ccc2[nH]c(CNC(=O)CCCn3ccnc3)cc2c1. The van der Waals surface area contributed by atoms with Gasteiger partial charge in [0, 0.05) is 42.0 Å². The van der Waals surface area contributed by atoms with Gasteiger partial charge in [-0.25, -0.2) is 4.98 Å². The Morgan fingerprint density at radius 3 is 3.09 bits per heavy atom. The highest BCUT2D eigenvalue weighted by atomic mass is 16.5. The molecule has 0 aliphatic carbocycles. The van der Waals surface area contributed by atoms with Gasteiger partial charge in [0.1, 0.15) is 5.75 Å². The van der Waals surface area contributed by atoms with Crippen molar-refractivity contribution in [3.05, 3.63) is 48.7 Å². The van der Waals surface area contributed by atoms with Gasteiger partial charge in [-0.05, 0) is 30.7 Å². The number of H-pyrrole nitrogens is 1. The van der Waals surface area contributed by atoms with Crippen LogP contribution in [0.1, 0.15) is 18.5 Å². The van der Waals surface area contributed by atoms with E-state index in [1.54, 1.807) is 19.6 Å². The quantitative estimate of drug-likeness (QED) is 0.704. The van der Waals surface area contributed by atoms with Gasteiger partial charge >= 0.3 is 0 Å². The molecule has 0 aliphatic heterocycles. The topological polar surface area (TPSA) is 71.9 Å². The van der Waals surface area contributed by atoms with Crippen molar-refractivity contribution in [2.75, 3.05) is 7.11 Å². The predicted octanol–water partition coefficient (Wildman–Crippen LogP) is 2.47. The zero-order valence-electron chi connectivity index (χ0n) is 13.1. The Hall–Kier alpha value is -2.76. The van der Waals surface area contributed by atoms with Crippen molar-refractivity contribution in [3.63, 3.8) is 0 Å². The molecule has 0 saturated heterocycles. The van der Waals surface area contributed by atoms with E-state index in [2.05, 4.69) is 15.3 Å². The third kappa shape index (κ3) is 3.91. The summed E-state index contributed by atoms with van der Waals surface area (Å²) in [6.07, 6.45) is 6.70. The van der Waals surface area contributed by atoms with Crippen molar-refractivity contribution in [1.29, 1.82) is 0 Å². The number of aryl methyl sites for hydroxylation is 1. The molecular weight excluding hydrogens is 292 g/mol. The van der Waals surface area contributed by atoms with Crippen LogP contribution in [0.25, 0.3) is 10.9 Å². The van der Waals surface area contributed by atoms with Gasteiger partial charge in [-0.3, -0.25) is 4.79 Å². The summed E-state index contributed by atoms with van der Waals surface area (Å²) < 4.78 is 7.19. The number of aromatic nitrogens is 3. The van der Waals surface area contributed by atoms with E-state index in [1.807, 2.05) is 35.0 Å². The van der Waals surface area contributed by atoms with Gasteiger partial charge in [0.2, 0.25) is 5.91 Å². The summed E-state index contributed by atoms with van der Waals surface area (Å²) in [5, 5.41) is 4.02. The highest BCUT2D eigenvalue weighted by Crippen LogP contribution is 2.21. The molecule has 6 nitrogen and oxygen atoms in total. The molecule has 0 spiro atoms. The summed E-state index contributed by atoms with van der Waals surface area (Å²) in [4.78, 5) is 19.2. The number of ether oxygens (including phenoxy) is 1. The molecule has 0 unspecified atom stereocenters. The van der Waals surface area contributed by atoms with Gasteiger partial charge in [0.15, 0.2) is 0 Å². The molecule has 2 heterocycles. The van der Waals surface area contributed by atoms with E-state index in [-0.39, 0.29) is 5.91 Å². The molecule has 23 heavy (non-hydrogen) atoms. The number of rotatable bonds is 7. The third-order valence-corrected chi connectivity index (χ3v) is 3.74. The number of aromatic amines is 1. The molecule has 1 aromatic carbocycles. The maximum Gasteiger partial charge on any atom is 0.220 e. The van der Waals surface area contributed by atoms with Crippen molar-refractivity contribution < 1.29 is 9.53 Å². The average Bonchev–Trinajstić information content (AvgIpc) is 3.21. The molecule has 120 valence electrons. The Kier molecular flexibility index (Phi) is 4.61. The summed E-state index contributed by atoms with van der Waals surface area (Å²) in [5.74, 6) is 0.882. The van der Waals surface area contributed by atoms with Crippen molar-refractivity contribution in [2.24, 2.45) is 0 Å². The molecule has 1 amide bonds. The summed E-state index contributed by atoms with van der Waals surface area (Å²) in [6, 6.07) is 7.90. The first-order valence-corrected chi connectivity index (χ1v) is 7.62. The first-order chi connectivity index (χ1) is 11.2. The first kappa shape index (κ1) is 15.1. The van der Waals surface area contributed by atoms with Crippen LogP contribution in [0, 0.1) is 0 Å². The molecule has 0 fully saturated rings. The summed E-state index contributed by atoms with van der Waals surface area (Å²) >= 11 is 0. The van der Waals surface area contributed by atoms with E-state index in [1.165, 1.54) is 0 Å². The first-order valence-electron chi connectivity index (χ1n) is 7.62. The standard InChI is InChI=1S/C17H20N4O2/c1-23-15-4-5-16-13(10-15)9-14(20-16)11-19-17(22)3-2-7-21-8-6-18-12-21/h4-6,8-10,12,20H,2-3,7,11H2,1H3,(H,19,22). The lowest BCUT2D eigenvalue weighted by atomic mass is 10.2. The van der Waals surface area contributed by atoms with Gasteiger partial charge in [-0.15, -0.1) is 0 Å². The second-order valence-corrected chi connectivity index (χ2v) is 5.43.